The zero-order valence-corrected chi connectivity index (χ0v) is 19.8. The van der Waals surface area contributed by atoms with Crippen LogP contribution in [0.2, 0.25) is 5.02 Å². The van der Waals surface area contributed by atoms with Gasteiger partial charge in [0.1, 0.15) is 0 Å². The summed E-state index contributed by atoms with van der Waals surface area (Å²) in [5.41, 5.74) is 3.20. The lowest BCUT2D eigenvalue weighted by Gasteiger charge is -2.58. The predicted octanol–water partition coefficient (Wildman–Crippen LogP) is 5.32. The minimum absolute atomic E-state index is 0.0369. The first-order chi connectivity index (χ1) is 14.6. The van der Waals surface area contributed by atoms with Crippen molar-refractivity contribution in [3.05, 3.63) is 58.3 Å². The van der Waals surface area contributed by atoms with Crippen molar-refractivity contribution in [1.29, 1.82) is 0 Å². The highest BCUT2D eigenvalue weighted by Gasteiger charge is 2.53. The van der Waals surface area contributed by atoms with E-state index in [1.54, 1.807) is 12.1 Å². The quantitative estimate of drug-likeness (QED) is 0.342. The fourth-order valence-corrected chi connectivity index (χ4v) is 6.08. The van der Waals surface area contributed by atoms with Gasteiger partial charge < -0.3 is 5.11 Å². The molecule has 5 nitrogen and oxygen atoms in total. The van der Waals surface area contributed by atoms with Crippen LogP contribution >= 0.6 is 11.6 Å². The first-order valence-corrected chi connectivity index (χ1v) is 12.9. The molecule has 1 aromatic carbocycles. The molecule has 2 unspecified atom stereocenters. The Morgan fingerprint density at radius 2 is 1.97 bits per heavy atom. The van der Waals surface area contributed by atoms with Crippen LogP contribution in [0.4, 0.5) is 0 Å². The summed E-state index contributed by atoms with van der Waals surface area (Å²) in [6, 6.07) is 7.26. The summed E-state index contributed by atoms with van der Waals surface area (Å²) >= 11 is 5.90. The summed E-state index contributed by atoms with van der Waals surface area (Å²) in [5.74, 6) is 0.161. The minimum Gasteiger partial charge on any atom is -0.481 e. The van der Waals surface area contributed by atoms with Gasteiger partial charge in [-0.05, 0) is 79.0 Å². The van der Waals surface area contributed by atoms with Gasteiger partial charge in [0.25, 0.3) is 0 Å². The molecule has 2 atom stereocenters. The number of allylic oxidation sites excluding steroid dienone is 4. The standard InChI is InChI=1S/C24H32ClNO4S/c1-24(2)18-15-21(24)20(7-5-3-4-6-8-23(27)28)22(16-18)26-31(29,30)14-13-17-9-11-19(25)12-10-17/h3,5,9-12,18,21,26H,4,6-8,13-16H2,1-2H3,(H,27,28). The van der Waals surface area contributed by atoms with Crippen molar-refractivity contribution in [3.63, 3.8) is 0 Å². The molecule has 3 aliphatic carbocycles. The lowest BCUT2D eigenvalue weighted by Crippen LogP contribution is -2.51. The van der Waals surface area contributed by atoms with Crippen LogP contribution in [-0.4, -0.2) is 25.2 Å². The molecule has 0 aromatic heterocycles. The molecule has 1 saturated carbocycles. The minimum atomic E-state index is -3.44. The second-order valence-corrected chi connectivity index (χ2v) is 11.6. The maximum Gasteiger partial charge on any atom is 0.303 e. The van der Waals surface area contributed by atoms with E-state index in [0.717, 1.165) is 30.5 Å². The van der Waals surface area contributed by atoms with E-state index in [2.05, 4.69) is 24.6 Å². The highest BCUT2D eigenvalue weighted by Crippen LogP contribution is 2.61. The van der Waals surface area contributed by atoms with Gasteiger partial charge in [0.2, 0.25) is 10.0 Å². The van der Waals surface area contributed by atoms with Crippen molar-refractivity contribution in [2.45, 2.75) is 58.8 Å². The van der Waals surface area contributed by atoms with Gasteiger partial charge in [0.15, 0.2) is 0 Å². The third-order valence-electron chi connectivity index (χ3n) is 6.85. The second-order valence-electron chi connectivity index (χ2n) is 9.27. The monoisotopic (exact) mass is 465 g/mol. The molecule has 1 aromatic rings. The number of carboxylic acid groups (broad SMARTS) is 1. The second kappa shape index (κ2) is 9.78. The molecule has 1 fully saturated rings. The molecule has 4 rings (SSSR count). The number of halogens is 1. The van der Waals surface area contributed by atoms with Crippen molar-refractivity contribution in [3.8, 4) is 0 Å². The summed E-state index contributed by atoms with van der Waals surface area (Å²) in [5, 5.41) is 9.38. The number of carboxylic acids is 1. The first-order valence-electron chi connectivity index (χ1n) is 10.9. The average molecular weight is 466 g/mol. The number of rotatable bonds is 11. The average Bonchev–Trinajstić information content (AvgIpc) is 2.70. The van der Waals surface area contributed by atoms with Gasteiger partial charge >= 0.3 is 5.97 Å². The summed E-state index contributed by atoms with van der Waals surface area (Å²) in [6.45, 7) is 4.54. The zero-order valence-electron chi connectivity index (χ0n) is 18.2. The van der Waals surface area contributed by atoms with E-state index >= 15 is 0 Å². The maximum atomic E-state index is 12.8. The van der Waals surface area contributed by atoms with Crippen LogP contribution < -0.4 is 4.72 Å². The molecule has 2 bridgehead atoms. The third-order valence-corrected chi connectivity index (χ3v) is 8.40. The molecule has 3 aliphatic rings. The van der Waals surface area contributed by atoms with Crippen molar-refractivity contribution in [2.75, 3.05) is 5.75 Å². The molecule has 2 N–H and O–H groups in total. The number of benzene rings is 1. The first kappa shape index (κ1) is 23.9. The Balaban J connectivity index is 1.66. The Labute approximate surface area is 190 Å². The molecule has 0 heterocycles. The lowest BCUT2D eigenvalue weighted by molar-refractivity contribution is -0.137. The Morgan fingerprint density at radius 3 is 2.61 bits per heavy atom. The van der Waals surface area contributed by atoms with Crippen molar-refractivity contribution < 1.29 is 18.3 Å². The molecule has 170 valence electrons. The van der Waals surface area contributed by atoms with Crippen LogP contribution in [0.25, 0.3) is 0 Å². The molecule has 0 radical (unpaired) electrons. The van der Waals surface area contributed by atoms with Crippen LogP contribution in [0.3, 0.4) is 0 Å². The highest BCUT2D eigenvalue weighted by atomic mass is 35.5. The number of carbonyl (C=O) groups is 1. The van der Waals surface area contributed by atoms with Crippen LogP contribution in [0, 0.1) is 17.3 Å². The van der Waals surface area contributed by atoms with Gasteiger partial charge in [-0.25, -0.2) is 8.42 Å². The Kier molecular flexibility index (Phi) is 7.53. The SMILES string of the molecule is CC1(C)C2CC(NS(=O)(=O)CCc3ccc(Cl)cc3)=C(CC=CCCCC(=O)O)C1C2. The number of aryl methyl sites for hydroxylation is 1. The maximum absolute atomic E-state index is 12.8. The molecule has 7 heteroatoms. The number of unbranched alkanes of at least 4 members (excludes halogenated alkanes) is 1. The summed E-state index contributed by atoms with van der Waals surface area (Å²) < 4.78 is 28.5. The highest BCUT2D eigenvalue weighted by molar-refractivity contribution is 7.89. The number of hydrogen-bond donors (Lipinski definition) is 2. The summed E-state index contributed by atoms with van der Waals surface area (Å²) in [6.07, 6.45) is 8.62. The fourth-order valence-electron chi connectivity index (χ4n) is 4.76. The van der Waals surface area contributed by atoms with Crippen LogP contribution in [-0.2, 0) is 21.2 Å². The van der Waals surface area contributed by atoms with E-state index < -0.39 is 16.0 Å². The molecule has 0 saturated heterocycles. The Hall–Kier alpha value is -1.79. The van der Waals surface area contributed by atoms with Gasteiger partial charge in [-0.1, -0.05) is 49.7 Å². The van der Waals surface area contributed by atoms with E-state index in [9.17, 15) is 13.2 Å². The van der Waals surface area contributed by atoms with Crippen LogP contribution in [0.1, 0.15) is 57.9 Å². The molecular formula is C24H32ClNO4S. The van der Waals surface area contributed by atoms with E-state index in [4.69, 9.17) is 16.7 Å². The van der Waals surface area contributed by atoms with Crippen molar-refractivity contribution in [1.82, 2.24) is 4.72 Å². The Bertz CT molecular complexity index is 964. The van der Waals surface area contributed by atoms with E-state index in [-0.39, 0.29) is 17.6 Å². The third kappa shape index (κ3) is 6.13. The lowest BCUT2D eigenvalue weighted by atomic mass is 9.48. The zero-order chi connectivity index (χ0) is 22.6. The van der Waals surface area contributed by atoms with Gasteiger partial charge in [0.05, 0.1) is 5.75 Å². The van der Waals surface area contributed by atoms with Crippen molar-refractivity contribution >= 4 is 27.6 Å². The largest absolute Gasteiger partial charge is 0.481 e. The topological polar surface area (TPSA) is 83.5 Å². The number of fused-ring (bicyclic) bond motifs is 1. The molecule has 0 spiro atoms. The predicted molar refractivity (Wildman–Crippen MR) is 124 cm³/mol. The molecular weight excluding hydrogens is 434 g/mol. The summed E-state index contributed by atoms with van der Waals surface area (Å²) in [7, 11) is -3.44. The number of aliphatic carboxylic acids is 1. The van der Waals surface area contributed by atoms with E-state index in [1.807, 2.05) is 18.2 Å². The summed E-state index contributed by atoms with van der Waals surface area (Å²) in [4.78, 5) is 10.6. The van der Waals surface area contributed by atoms with Crippen LogP contribution in [0.5, 0.6) is 0 Å². The van der Waals surface area contributed by atoms with E-state index in [0.29, 0.717) is 36.1 Å². The molecule has 0 amide bonds. The number of nitrogens with one attached hydrogen (secondary N) is 1. The van der Waals surface area contributed by atoms with Gasteiger partial charge in [-0.15, -0.1) is 0 Å². The molecule has 31 heavy (non-hydrogen) atoms. The number of sulfonamides is 1. The van der Waals surface area contributed by atoms with Crippen molar-refractivity contribution in [2.24, 2.45) is 17.3 Å². The normalized spacial score (nSPS) is 22.4. The number of hydrogen-bond acceptors (Lipinski definition) is 3. The molecule has 0 aliphatic heterocycles. The Morgan fingerprint density at radius 1 is 1.26 bits per heavy atom. The van der Waals surface area contributed by atoms with E-state index in [1.165, 1.54) is 5.57 Å². The van der Waals surface area contributed by atoms with Gasteiger partial charge in [0, 0.05) is 17.1 Å². The van der Waals surface area contributed by atoms with Gasteiger partial charge in [-0.2, -0.15) is 0 Å². The van der Waals surface area contributed by atoms with Crippen LogP contribution in [0.15, 0.2) is 47.7 Å². The van der Waals surface area contributed by atoms with Gasteiger partial charge in [-0.3, -0.25) is 9.52 Å². The smallest absolute Gasteiger partial charge is 0.303 e. The fraction of sp³-hybridized carbons (Fsp3) is 0.542.